The Kier molecular flexibility index (Phi) is 5.22. The quantitative estimate of drug-likeness (QED) is 0.922. The molecule has 2 heterocycles. The van der Waals surface area contributed by atoms with E-state index in [2.05, 4.69) is 5.32 Å². The summed E-state index contributed by atoms with van der Waals surface area (Å²) in [6, 6.07) is 9.57. The number of hydrogen-bond acceptors (Lipinski definition) is 4. The fourth-order valence-electron chi connectivity index (χ4n) is 2.52. The van der Waals surface area contributed by atoms with Gasteiger partial charge in [-0.05, 0) is 29.1 Å². The predicted molar refractivity (Wildman–Crippen MR) is 88.3 cm³/mol. The smallest absolute Gasteiger partial charge is 0.261 e. The van der Waals surface area contributed by atoms with Crippen molar-refractivity contribution in [3.63, 3.8) is 0 Å². The van der Waals surface area contributed by atoms with Crippen LogP contribution >= 0.6 is 11.3 Å². The van der Waals surface area contributed by atoms with E-state index in [1.807, 2.05) is 5.38 Å². The van der Waals surface area contributed by atoms with E-state index in [9.17, 15) is 14.0 Å². The zero-order chi connectivity index (χ0) is 16.9. The van der Waals surface area contributed by atoms with Gasteiger partial charge in [-0.3, -0.25) is 9.59 Å². The number of morpholine rings is 1. The Balaban J connectivity index is 1.55. The fourth-order valence-corrected chi connectivity index (χ4v) is 3.16. The highest BCUT2D eigenvalue weighted by Crippen LogP contribution is 2.22. The van der Waals surface area contributed by atoms with Gasteiger partial charge in [0, 0.05) is 6.54 Å². The first-order valence-corrected chi connectivity index (χ1v) is 8.48. The topological polar surface area (TPSA) is 58.6 Å². The minimum absolute atomic E-state index is 0.0487. The summed E-state index contributed by atoms with van der Waals surface area (Å²) in [5, 5.41) is 4.45. The first kappa shape index (κ1) is 16.6. The SMILES string of the molecule is O=C(NCC(=O)N1CCOC(c2ccc(F)cc2)C1)c1cccs1. The molecule has 1 fully saturated rings. The molecule has 1 aromatic heterocycles. The lowest BCUT2D eigenvalue weighted by Gasteiger charge is -2.33. The molecular formula is C17H17FN2O3S. The molecule has 0 saturated carbocycles. The molecule has 1 aliphatic rings. The number of carbonyl (C=O) groups is 2. The van der Waals surface area contributed by atoms with Crippen molar-refractivity contribution in [1.29, 1.82) is 0 Å². The number of hydrogen-bond donors (Lipinski definition) is 1. The van der Waals surface area contributed by atoms with Crippen molar-refractivity contribution < 1.29 is 18.7 Å². The Labute approximate surface area is 143 Å². The fraction of sp³-hybridized carbons (Fsp3) is 0.294. The molecule has 1 N–H and O–H groups in total. The molecule has 24 heavy (non-hydrogen) atoms. The number of benzene rings is 1. The van der Waals surface area contributed by atoms with Gasteiger partial charge in [0.25, 0.3) is 5.91 Å². The Morgan fingerprint density at radius 3 is 2.79 bits per heavy atom. The zero-order valence-electron chi connectivity index (χ0n) is 12.9. The second-order valence-corrected chi connectivity index (χ2v) is 6.36. The number of rotatable bonds is 4. The summed E-state index contributed by atoms with van der Waals surface area (Å²) in [5.41, 5.74) is 0.830. The molecule has 3 rings (SSSR count). The van der Waals surface area contributed by atoms with E-state index in [1.165, 1.54) is 23.5 Å². The highest BCUT2D eigenvalue weighted by Gasteiger charge is 2.25. The summed E-state index contributed by atoms with van der Waals surface area (Å²) in [7, 11) is 0. The van der Waals surface area contributed by atoms with Gasteiger partial charge in [0.1, 0.15) is 11.9 Å². The van der Waals surface area contributed by atoms with E-state index < -0.39 is 0 Å². The summed E-state index contributed by atoms with van der Waals surface area (Å²) in [4.78, 5) is 26.4. The minimum atomic E-state index is -0.307. The van der Waals surface area contributed by atoms with Gasteiger partial charge in [-0.1, -0.05) is 18.2 Å². The largest absolute Gasteiger partial charge is 0.370 e. The predicted octanol–water partition coefficient (Wildman–Crippen LogP) is 2.22. The van der Waals surface area contributed by atoms with Crippen molar-refractivity contribution in [3.05, 3.63) is 58.0 Å². The van der Waals surface area contributed by atoms with Crippen LogP contribution in [-0.2, 0) is 9.53 Å². The van der Waals surface area contributed by atoms with Crippen molar-refractivity contribution in [2.24, 2.45) is 0 Å². The number of amides is 2. The summed E-state index contributed by atoms with van der Waals surface area (Å²) >= 11 is 1.33. The van der Waals surface area contributed by atoms with Gasteiger partial charge in [0.15, 0.2) is 0 Å². The van der Waals surface area contributed by atoms with E-state index in [-0.39, 0.29) is 30.3 Å². The molecule has 1 aromatic carbocycles. The third-order valence-corrected chi connectivity index (χ3v) is 4.67. The standard InChI is InChI=1S/C17H17FN2O3S/c18-13-5-3-12(4-6-13)14-11-20(7-8-23-14)16(21)10-19-17(22)15-2-1-9-24-15/h1-6,9,14H,7-8,10-11H2,(H,19,22). The van der Waals surface area contributed by atoms with Crippen LogP contribution in [0, 0.1) is 5.82 Å². The second-order valence-electron chi connectivity index (χ2n) is 5.41. The van der Waals surface area contributed by atoms with Crippen LogP contribution in [0.1, 0.15) is 21.3 Å². The van der Waals surface area contributed by atoms with Crippen molar-refractivity contribution in [3.8, 4) is 0 Å². The van der Waals surface area contributed by atoms with Crippen LogP contribution in [0.4, 0.5) is 4.39 Å². The Morgan fingerprint density at radius 2 is 2.08 bits per heavy atom. The molecule has 2 aromatic rings. The lowest BCUT2D eigenvalue weighted by atomic mass is 10.1. The minimum Gasteiger partial charge on any atom is -0.370 e. The van der Waals surface area contributed by atoms with E-state index >= 15 is 0 Å². The number of thiophene rings is 1. The van der Waals surface area contributed by atoms with Crippen LogP contribution in [0.5, 0.6) is 0 Å². The molecule has 1 saturated heterocycles. The molecule has 0 spiro atoms. The van der Waals surface area contributed by atoms with Crippen molar-refractivity contribution >= 4 is 23.2 Å². The van der Waals surface area contributed by atoms with E-state index in [4.69, 9.17) is 4.74 Å². The van der Waals surface area contributed by atoms with E-state index in [0.29, 0.717) is 24.6 Å². The van der Waals surface area contributed by atoms with Gasteiger partial charge < -0.3 is 15.0 Å². The maximum Gasteiger partial charge on any atom is 0.261 e. The average molecular weight is 348 g/mol. The van der Waals surface area contributed by atoms with Gasteiger partial charge in [-0.15, -0.1) is 11.3 Å². The maximum absolute atomic E-state index is 13.0. The zero-order valence-corrected chi connectivity index (χ0v) is 13.7. The highest BCUT2D eigenvalue weighted by atomic mass is 32.1. The molecule has 1 aliphatic heterocycles. The summed E-state index contributed by atoms with van der Waals surface area (Å²) in [6.45, 7) is 1.23. The van der Waals surface area contributed by atoms with E-state index in [1.54, 1.807) is 29.2 Å². The van der Waals surface area contributed by atoms with Crippen LogP contribution in [-0.4, -0.2) is 43.0 Å². The number of nitrogens with zero attached hydrogens (tertiary/aromatic N) is 1. The lowest BCUT2D eigenvalue weighted by Crippen LogP contribution is -2.46. The molecule has 0 bridgehead atoms. The molecule has 0 radical (unpaired) electrons. The summed E-state index contributed by atoms with van der Waals surface area (Å²) in [5.74, 6) is -0.712. The van der Waals surface area contributed by atoms with Crippen LogP contribution in [0.2, 0.25) is 0 Å². The third-order valence-electron chi connectivity index (χ3n) is 3.81. The van der Waals surface area contributed by atoms with Crippen molar-refractivity contribution in [1.82, 2.24) is 10.2 Å². The molecule has 2 amide bonds. The molecule has 5 nitrogen and oxygen atoms in total. The van der Waals surface area contributed by atoms with Crippen molar-refractivity contribution in [2.75, 3.05) is 26.2 Å². The summed E-state index contributed by atoms with van der Waals surface area (Å²) < 4.78 is 18.7. The van der Waals surface area contributed by atoms with Crippen LogP contribution < -0.4 is 5.32 Å². The Morgan fingerprint density at radius 1 is 1.29 bits per heavy atom. The van der Waals surface area contributed by atoms with E-state index in [0.717, 1.165) is 5.56 Å². The molecule has 1 unspecified atom stereocenters. The maximum atomic E-state index is 13.0. The first-order chi connectivity index (χ1) is 11.6. The van der Waals surface area contributed by atoms with Crippen LogP contribution in [0.25, 0.3) is 0 Å². The van der Waals surface area contributed by atoms with Gasteiger partial charge in [-0.25, -0.2) is 4.39 Å². The Hall–Kier alpha value is -2.25. The summed E-state index contributed by atoms with van der Waals surface area (Å²) in [6.07, 6.45) is -0.281. The van der Waals surface area contributed by atoms with Gasteiger partial charge in [-0.2, -0.15) is 0 Å². The second kappa shape index (κ2) is 7.55. The first-order valence-electron chi connectivity index (χ1n) is 7.60. The molecular weight excluding hydrogens is 331 g/mol. The Bertz CT molecular complexity index is 703. The highest BCUT2D eigenvalue weighted by molar-refractivity contribution is 7.12. The number of nitrogens with one attached hydrogen (secondary N) is 1. The van der Waals surface area contributed by atoms with Gasteiger partial charge in [0.2, 0.25) is 5.91 Å². The van der Waals surface area contributed by atoms with Crippen molar-refractivity contribution in [2.45, 2.75) is 6.10 Å². The monoisotopic (exact) mass is 348 g/mol. The molecule has 7 heteroatoms. The van der Waals surface area contributed by atoms with Crippen LogP contribution in [0.3, 0.4) is 0 Å². The molecule has 126 valence electrons. The van der Waals surface area contributed by atoms with Gasteiger partial charge in [0.05, 0.1) is 24.6 Å². The number of halogens is 1. The molecule has 1 atom stereocenters. The normalized spacial score (nSPS) is 17.5. The van der Waals surface area contributed by atoms with Crippen LogP contribution in [0.15, 0.2) is 41.8 Å². The molecule has 0 aliphatic carbocycles. The number of carbonyl (C=O) groups excluding carboxylic acids is 2. The van der Waals surface area contributed by atoms with Gasteiger partial charge >= 0.3 is 0 Å². The average Bonchev–Trinajstić information content (AvgIpc) is 3.15. The number of ether oxygens (including phenoxy) is 1. The third kappa shape index (κ3) is 3.98. The lowest BCUT2D eigenvalue weighted by molar-refractivity contribution is -0.137.